The Morgan fingerprint density at radius 1 is 0.958 bits per heavy atom. The van der Waals surface area contributed by atoms with E-state index in [9.17, 15) is 9.90 Å². The van der Waals surface area contributed by atoms with Crippen molar-refractivity contribution in [2.75, 3.05) is 18.4 Å². The van der Waals surface area contributed by atoms with Crippen molar-refractivity contribution in [1.29, 1.82) is 0 Å². The van der Waals surface area contributed by atoms with E-state index in [0.717, 1.165) is 25.5 Å². The van der Waals surface area contributed by atoms with Gasteiger partial charge in [-0.3, -0.25) is 0 Å². The molecule has 4 saturated carbocycles. The minimum atomic E-state index is -0.859. The minimum absolute atomic E-state index is 0.0297. The number of fused-ring (bicyclic) bond motifs is 7. The molecule has 3 N–H and O–H groups in total. The molecule has 0 spiro atoms. The van der Waals surface area contributed by atoms with Crippen LogP contribution in [0, 0.1) is 51.2 Å². The average molecular weight is 653 g/mol. The molecule has 2 aromatic rings. The molecule has 6 nitrogen and oxygen atoms in total. The van der Waals surface area contributed by atoms with Gasteiger partial charge in [0.25, 0.3) is 0 Å². The Bertz CT molecular complexity index is 1610. The van der Waals surface area contributed by atoms with Crippen LogP contribution >= 0.6 is 0 Å². The van der Waals surface area contributed by atoms with Crippen molar-refractivity contribution < 1.29 is 9.90 Å². The number of aromatic carboxylic acids is 1. The summed E-state index contributed by atoms with van der Waals surface area (Å²) in [5, 5.41) is 17.2. The topological polar surface area (TPSA) is 79.2 Å². The minimum Gasteiger partial charge on any atom is -0.478 e. The summed E-state index contributed by atoms with van der Waals surface area (Å²) in [5.41, 5.74) is 5.45. The Morgan fingerprint density at radius 2 is 1.71 bits per heavy atom. The number of carbonyl (C=O) groups is 1. The van der Waals surface area contributed by atoms with Gasteiger partial charge in [0.2, 0.25) is 5.95 Å². The smallest absolute Gasteiger partial charge is 0.335 e. The lowest BCUT2D eigenvalue weighted by molar-refractivity contribution is -0.219. The number of aryl methyl sites for hydroxylation is 1. The number of benzene rings is 1. The largest absolute Gasteiger partial charge is 0.478 e. The summed E-state index contributed by atoms with van der Waals surface area (Å²) < 4.78 is 2.05. The number of carboxylic acids is 1. The van der Waals surface area contributed by atoms with Gasteiger partial charge in [0, 0.05) is 38.1 Å². The summed E-state index contributed by atoms with van der Waals surface area (Å²) in [5.74, 6) is 3.34. The average Bonchev–Trinajstić information content (AvgIpc) is 3.63. The van der Waals surface area contributed by atoms with E-state index in [2.05, 4.69) is 74.4 Å². The maximum atomic E-state index is 11.5. The number of anilines is 1. The van der Waals surface area contributed by atoms with E-state index in [0.29, 0.717) is 46.0 Å². The van der Waals surface area contributed by atoms with Crippen LogP contribution in [0.2, 0.25) is 0 Å². The molecule has 1 heterocycles. The van der Waals surface area contributed by atoms with Crippen LogP contribution in [0.25, 0.3) is 5.57 Å². The molecule has 5 aliphatic carbocycles. The third-order valence-corrected chi connectivity index (χ3v) is 15.8. The van der Waals surface area contributed by atoms with Crippen LogP contribution in [0.3, 0.4) is 0 Å². The monoisotopic (exact) mass is 652 g/mol. The van der Waals surface area contributed by atoms with E-state index in [1.54, 1.807) is 12.1 Å². The van der Waals surface area contributed by atoms with E-state index in [1.165, 1.54) is 68.1 Å². The fourth-order valence-electron chi connectivity index (χ4n) is 13.4. The van der Waals surface area contributed by atoms with E-state index in [4.69, 9.17) is 0 Å². The molecule has 4 fully saturated rings. The van der Waals surface area contributed by atoms with Crippen LogP contribution in [0.15, 0.2) is 54.9 Å². The van der Waals surface area contributed by atoms with Crippen molar-refractivity contribution in [3.05, 3.63) is 66.0 Å². The molecule has 6 heteroatoms. The van der Waals surface area contributed by atoms with Crippen molar-refractivity contribution in [3.8, 4) is 0 Å². The van der Waals surface area contributed by atoms with Gasteiger partial charge in [-0.2, -0.15) is 0 Å². The summed E-state index contributed by atoms with van der Waals surface area (Å²) in [6, 6.07) is 7.63. The lowest BCUT2D eigenvalue weighted by atomic mass is 9.33. The molecule has 0 amide bonds. The van der Waals surface area contributed by atoms with E-state index >= 15 is 0 Å². The summed E-state index contributed by atoms with van der Waals surface area (Å²) in [4.78, 5) is 16.0. The highest BCUT2D eigenvalue weighted by Gasteiger charge is 2.70. The molecule has 0 bridgehead atoms. The number of nitrogens with one attached hydrogen (secondary N) is 2. The molecule has 1 aromatic carbocycles. The summed E-state index contributed by atoms with van der Waals surface area (Å²) in [6.45, 7) is 21.8. The number of aromatic nitrogens is 2. The summed E-state index contributed by atoms with van der Waals surface area (Å²) >= 11 is 0. The fourth-order valence-corrected chi connectivity index (χ4v) is 13.4. The van der Waals surface area contributed by atoms with Crippen LogP contribution in [0.1, 0.15) is 115 Å². The summed E-state index contributed by atoms with van der Waals surface area (Å²) in [7, 11) is 2.05. The molecule has 9 atom stereocenters. The Morgan fingerprint density at radius 3 is 2.38 bits per heavy atom. The van der Waals surface area contributed by atoms with Crippen molar-refractivity contribution in [1.82, 2.24) is 14.9 Å². The quantitative estimate of drug-likeness (QED) is 0.196. The van der Waals surface area contributed by atoms with Crippen molar-refractivity contribution in [2.24, 2.45) is 58.3 Å². The number of carboxylic acid groups (broad SMARTS) is 1. The summed E-state index contributed by atoms with van der Waals surface area (Å²) in [6.07, 6.45) is 17.8. The zero-order chi connectivity index (χ0) is 34.3. The Labute approximate surface area is 289 Å². The fraction of sp³-hybridized carbons (Fsp3) is 0.667. The second-order valence-electron chi connectivity index (χ2n) is 18.0. The molecular formula is C42H60N4O2. The lowest BCUT2D eigenvalue weighted by Crippen LogP contribution is -2.68. The van der Waals surface area contributed by atoms with Gasteiger partial charge in [-0.1, -0.05) is 65.0 Å². The second kappa shape index (κ2) is 11.6. The van der Waals surface area contributed by atoms with Gasteiger partial charge in [-0.05, 0) is 139 Å². The van der Waals surface area contributed by atoms with Crippen LogP contribution in [0.4, 0.5) is 5.95 Å². The Balaban J connectivity index is 1.16. The number of imidazole rings is 1. The zero-order valence-corrected chi connectivity index (χ0v) is 30.7. The third-order valence-electron chi connectivity index (χ3n) is 15.8. The Hall–Kier alpha value is -2.86. The van der Waals surface area contributed by atoms with Gasteiger partial charge in [-0.15, -0.1) is 0 Å². The molecule has 0 saturated heterocycles. The van der Waals surface area contributed by atoms with Crippen LogP contribution in [-0.4, -0.2) is 39.3 Å². The normalized spacial score (nSPS) is 39.7. The van der Waals surface area contributed by atoms with Crippen molar-refractivity contribution >= 4 is 17.5 Å². The molecule has 260 valence electrons. The molecular weight excluding hydrogens is 592 g/mol. The Kier molecular flexibility index (Phi) is 8.13. The molecule has 7 rings (SSSR count). The molecule has 0 radical (unpaired) electrons. The SMILES string of the molecule is C=C(C)[C@@H]1CC[C@]2(NCCNc3nccn3C)CC[C@]3(C)[C@H](CC[C@@H]4[C@@]5(C)CC=C(c6ccc(C(=O)O)cc6)C(C)(C)[C@@H]5CC[C@]43C)[C@@H]12. The van der Waals surface area contributed by atoms with Gasteiger partial charge in [-0.25, -0.2) is 9.78 Å². The van der Waals surface area contributed by atoms with Crippen molar-refractivity contribution in [2.45, 2.75) is 105 Å². The number of nitrogens with zero attached hydrogens (tertiary/aromatic N) is 2. The first-order valence-corrected chi connectivity index (χ1v) is 18.8. The predicted molar refractivity (Wildman–Crippen MR) is 196 cm³/mol. The predicted octanol–water partition coefficient (Wildman–Crippen LogP) is 9.22. The van der Waals surface area contributed by atoms with Gasteiger partial charge >= 0.3 is 5.97 Å². The molecule has 48 heavy (non-hydrogen) atoms. The number of hydrogen-bond acceptors (Lipinski definition) is 4. The van der Waals surface area contributed by atoms with Gasteiger partial charge < -0.3 is 20.3 Å². The first-order chi connectivity index (χ1) is 22.7. The molecule has 0 aliphatic heterocycles. The van der Waals surface area contributed by atoms with E-state index in [-0.39, 0.29) is 16.4 Å². The first kappa shape index (κ1) is 33.6. The molecule has 5 aliphatic rings. The molecule has 1 aromatic heterocycles. The number of allylic oxidation sites excluding steroid dienone is 3. The highest BCUT2D eigenvalue weighted by molar-refractivity contribution is 5.88. The second-order valence-corrected chi connectivity index (χ2v) is 18.0. The van der Waals surface area contributed by atoms with Gasteiger partial charge in [0.1, 0.15) is 0 Å². The maximum Gasteiger partial charge on any atom is 0.335 e. The van der Waals surface area contributed by atoms with Gasteiger partial charge in [0.15, 0.2) is 0 Å². The lowest BCUT2D eigenvalue weighted by Gasteiger charge is -2.72. The maximum absolute atomic E-state index is 11.5. The van der Waals surface area contributed by atoms with Gasteiger partial charge in [0.05, 0.1) is 5.56 Å². The number of hydrogen-bond donors (Lipinski definition) is 3. The number of rotatable bonds is 8. The van der Waals surface area contributed by atoms with E-state index < -0.39 is 5.97 Å². The zero-order valence-electron chi connectivity index (χ0n) is 30.7. The first-order valence-electron chi connectivity index (χ1n) is 18.8. The van der Waals surface area contributed by atoms with Crippen LogP contribution in [-0.2, 0) is 7.05 Å². The van der Waals surface area contributed by atoms with Crippen LogP contribution < -0.4 is 10.6 Å². The highest BCUT2D eigenvalue weighted by atomic mass is 16.4. The standard InChI is InChI=1S/C42H60N4O2/c1-27(2)30-15-20-42(45-24-23-43-37-44-25-26-46(37)8)22-21-40(6)32(35(30)42)13-14-34-39(5)18-16-31(28-9-11-29(12-10-28)36(47)48)38(3,4)33(39)17-19-41(34,40)7/h9-12,16,25-26,30,32-35,45H,1,13-15,17-24H2,2-8H3,(H,43,44)(H,47,48)/t30-,32+,33-,34+,35+,39-,40+,41+,42-/m0/s1. The molecule has 0 unspecified atom stereocenters. The highest BCUT2D eigenvalue weighted by Crippen LogP contribution is 2.76. The van der Waals surface area contributed by atoms with Crippen LogP contribution in [0.5, 0.6) is 0 Å². The third kappa shape index (κ3) is 4.81. The van der Waals surface area contributed by atoms with Crippen molar-refractivity contribution in [3.63, 3.8) is 0 Å². The van der Waals surface area contributed by atoms with E-state index in [1.807, 2.05) is 31.6 Å².